The molecule has 7 heteroatoms. The van der Waals surface area contributed by atoms with E-state index in [1.807, 2.05) is 65.4 Å². The molecule has 2 heterocycles. The first-order valence-electron chi connectivity index (χ1n) is 11.3. The van der Waals surface area contributed by atoms with E-state index >= 15 is 0 Å². The Morgan fingerprint density at radius 2 is 1.79 bits per heavy atom. The van der Waals surface area contributed by atoms with E-state index < -0.39 is 0 Å². The largest absolute Gasteiger partial charge is 0.494 e. The molecule has 0 bridgehead atoms. The molecule has 0 spiro atoms. The molecule has 1 atom stereocenters. The van der Waals surface area contributed by atoms with Gasteiger partial charge in [-0.3, -0.25) is 9.78 Å². The van der Waals surface area contributed by atoms with Crippen molar-refractivity contribution in [3.05, 3.63) is 102 Å². The number of unbranched alkanes of at least 4 members (excludes halogenated alkanes) is 1. The molecule has 1 unspecified atom stereocenters. The highest BCUT2D eigenvalue weighted by Gasteiger charge is 2.18. The fourth-order valence-electron chi connectivity index (χ4n) is 3.55. The molecule has 34 heavy (non-hydrogen) atoms. The summed E-state index contributed by atoms with van der Waals surface area (Å²) in [6.45, 7) is 3.38. The SMILES string of the molecule is CCCCOc1ccc(-c2ccc(C(=O)NC(Cn3ccnc3)c3ccc(Cl)cn3)cc2)cc1. The number of ether oxygens (including phenoxy) is 1. The van der Waals surface area contributed by atoms with Gasteiger partial charge in [0.2, 0.25) is 0 Å². The predicted molar refractivity (Wildman–Crippen MR) is 134 cm³/mol. The van der Waals surface area contributed by atoms with Crippen LogP contribution in [0.3, 0.4) is 0 Å². The van der Waals surface area contributed by atoms with Gasteiger partial charge in [-0.1, -0.05) is 49.2 Å². The minimum absolute atomic E-state index is 0.173. The number of nitrogens with zero attached hydrogens (tertiary/aromatic N) is 3. The van der Waals surface area contributed by atoms with Gasteiger partial charge >= 0.3 is 0 Å². The molecule has 1 N–H and O–H groups in total. The zero-order chi connectivity index (χ0) is 23.8. The van der Waals surface area contributed by atoms with Crippen molar-refractivity contribution in [3.8, 4) is 16.9 Å². The van der Waals surface area contributed by atoms with Crippen LogP contribution >= 0.6 is 11.6 Å². The number of nitrogens with one attached hydrogen (secondary N) is 1. The van der Waals surface area contributed by atoms with E-state index in [4.69, 9.17) is 16.3 Å². The number of benzene rings is 2. The van der Waals surface area contributed by atoms with E-state index in [1.54, 1.807) is 24.8 Å². The van der Waals surface area contributed by atoms with Gasteiger partial charge in [-0.15, -0.1) is 0 Å². The summed E-state index contributed by atoms with van der Waals surface area (Å²) >= 11 is 5.99. The quantitative estimate of drug-likeness (QED) is 0.288. The molecule has 0 aliphatic heterocycles. The predicted octanol–water partition coefficient (Wildman–Crippen LogP) is 5.95. The molecule has 6 nitrogen and oxygen atoms in total. The number of aromatic nitrogens is 3. The summed E-state index contributed by atoms with van der Waals surface area (Å²) in [5, 5.41) is 3.64. The molecular formula is C27H27ClN4O2. The maximum atomic E-state index is 13.0. The van der Waals surface area contributed by atoms with Crippen molar-refractivity contribution < 1.29 is 9.53 Å². The van der Waals surface area contributed by atoms with E-state index in [0.717, 1.165) is 42.0 Å². The highest BCUT2D eigenvalue weighted by Crippen LogP contribution is 2.23. The minimum Gasteiger partial charge on any atom is -0.494 e. The Balaban J connectivity index is 1.44. The lowest BCUT2D eigenvalue weighted by Crippen LogP contribution is -2.31. The molecule has 0 saturated heterocycles. The van der Waals surface area contributed by atoms with Gasteiger partial charge in [-0.2, -0.15) is 0 Å². The maximum Gasteiger partial charge on any atom is 0.251 e. The fourth-order valence-corrected chi connectivity index (χ4v) is 3.66. The number of carbonyl (C=O) groups excluding carboxylic acids is 1. The molecule has 0 saturated carbocycles. The second-order valence-corrected chi connectivity index (χ2v) is 8.43. The standard InChI is InChI=1S/C27H27ClN4O2/c1-2-3-16-34-24-11-8-21(9-12-24)20-4-6-22(7-5-20)27(33)31-26(18-32-15-14-29-19-32)25-13-10-23(28)17-30-25/h4-15,17,19,26H,2-3,16,18H2,1H3,(H,31,33). The highest BCUT2D eigenvalue weighted by atomic mass is 35.5. The van der Waals surface area contributed by atoms with Gasteiger partial charge in [0.05, 0.1) is 29.7 Å². The average Bonchev–Trinajstić information content (AvgIpc) is 3.38. The van der Waals surface area contributed by atoms with Crippen LogP contribution in [0.1, 0.15) is 41.9 Å². The van der Waals surface area contributed by atoms with Crippen molar-refractivity contribution in [1.82, 2.24) is 19.9 Å². The summed E-state index contributed by atoms with van der Waals surface area (Å²) in [5.74, 6) is 0.695. The Morgan fingerprint density at radius 3 is 2.41 bits per heavy atom. The van der Waals surface area contributed by atoms with Gasteiger partial charge in [-0.25, -0.2) is 4.98 Å². The molecule has 2 aromatic carbocycles. The van der Waals surface area contributed by atoms with Crippen LogP contribution in [0.4, 0.5) is 0 Å². The summed E-state index contributed by atoms with van der Waals surface area (Å²) in [6.07, 6.45) is 9.00. The third kappa shape index (κ3) is 6.23. The second-order valence-electron chi connectivity index (χ2n) is 7.99. The summed E-state index contributed by atoms with van der Waals surface area (Å²) in [4.78, 5) is 21.5. The van der Waals surface area contributed by atoms with Crippen LogP contribution in [0.15, 0.2) is 85.6 Å². The van der Waals surface area contributed by atoms with Gasteiger partial charge < -0.3 is 14.6 Å². The third-order valence-corrected chi connectivity index (χ3v) is 5.69. The van der Waals surface area contributed by atoms with Crippen molar-refractivity contribution in [2.75, 3.05) is 6.61 Å². The summed E-state index contributed by atoms with van der Waals surface area (Å²) in [6, 6.07) is 18.8. The summed E-state index contributed by atoms with van der Waals surface area (Å²) < 4.78 is 7.64. The minimum atomic E-state index is -0.334. The third-order valence-electron chi connectivity index (χ3n) is 5.47. The first kappa shape index (κ1) is 23.5. The Bertz CT molecular complexity index is 1180. The Morgan fingerprint density at radius 1 is 1.06 bits per heavy atom. The number of imidazole rings is 1. The molecule has 0 aliphatic carbocycles. The van der Waals surface area contributed by atoms with Crippen molar-refractivity contribution in [2.24, 2.45) is 0 Å². The van der Waals surface area contributed by atoms with Gasteiger partial charge in [0, 0.05) is 30.7 Å². The van der Waals surface area contributed by atoms with Crippen molar-refractivity contribution >= 4 is 17.5 Å². The van der Waals surface area contributed by atoms with Gasteiger partial charge in [0.25, 0.3) is 5.91 Å². The Hall–Kier alpha value is -3.64. The average molecular weight is 475 g/mol. The molecule has 0 aliphatic rings. The van der Waals surface area contributed by atoms with Gasteiger partial charge in [0.15, 0.2) is 0 Å². The van der Waals surface area contributed by atoms with Crippen LogP contribution in [0.2, 0.25) is 5.02 Å². The van der Waals surface area contributed by atoms with E-state index in [2.05, 4.69) is 22.2 Å². The lowest BCUT2D eigenvalue weighted by Gasteiger charge is -2.19. The van der Waals surface area contributed by atoms with E-state index in [-0.39, 0.29) is 11.9 Å². The Kier molecular flexibility index (Phi) is 7.94. The molecule has 1 amide bonds. The van der Waals surface area contributed by atoms with Gasteiger partial charge in [0.1, 0.15) is 5.75 Å². The summed E-state index contributed by atoms with van der Waals surface area (Å²) in [7, 11) is 0. The van der Waals surface area contributed by atoms with E-state index in [9.17, 15) is 4.79 Å². The number of hydrogen-bond donors (Lipinski definition) is 1. The number of halogens is 1. The molecule has 174 valence electrons. The van der Waals surface area contributed by atoms with Crippen molar-refractivity contribution in [1.29, 1.82) is 0 Å². The number of rotatable bonds is 10. The molecule has 0 radical (unpaired) electrons. The normalized spacial score (nSPS) is 11.7. The summed E-state index contributed by atoms with van der Waals surface area (Å²) in [5.41, 5.74) is 3.40. The van der Waals surface area contributed by atoms with Crippen molar-refractivity contribution in [2.45, 2.75) is 32.4 Å². The lowest BCUT2D eigenvalue weighted by molar-refractivity contribution is 0.0931. The highest BCUT2D eigenvalue weighted by molar-refractivity contribution is 6.30. The molecule has 0 fully saturated rings. The molecule has 2 aromatic heterocycles. The van der Waals surface area contributed by atoms with E-state index in [0.29, 0.717) is 17.1 Å². The Labute approximate surface area is 204 Å². The lowest BCUT2D eigenvalue weighted by atomic mass is 10.0. The molecule has 4 aromatic rings. The first-order valence-corrected chi connectivity index (χ1v) is 11.7. The zero-order valence-corrected chi connectivity index (χ0v) is 19.8. The number of hydrogen-bond acceptors (Lipinski definition) is 4. The van der Waals surface area contributed by atoms with Crippen LogP contribution < -0.4 is 10.1 Å². The molecular weight excluding hydrogens is 448 g/mol. The smallest absolute Gasteiger partial charge is 0.251 e. The van der Waals surface area contributed by atoms with Crippen LogP contribution in [-0.4, -0.2) is 27.0 Å². The van der Waals surface area contributed by atoms with Crippen LogP contribution in [0.5, 0.6) is 5.75 Å². The van der Waals surface area contributed by atoms with Crippen LogP contribution in [0.25, 0.3) is 11.1 Å². The van der Waals surface area contributed by atoms with Crippen molar-refractivity contribution in [3.63, 3.8) is 0 Å². The number of carbonyl (C=O) groups is 1. The number of pyridine rings is 1. The second kappa shape index (κ2) is 11.5. The van der Waals surface area contributed by atoms with Crippen LogP contribution in [-0.2, 0) is 6.54 Å². The monoisotopic (exact) mass is 474 g/mol. The first-order chi connectivity index (χ1) is 16.6. The van der Waals surface area contributed by atoms with Crippen LogP contribution in [0, 0.1) is 0 Å². The van der Waals surface area contributed by atoms with E-state index in [1.165, 1.54) is 0 Å². The number of amides is 1. The molecule has 4 rings (SSSR count). The maximum absolute atomic E-state index is 13.0. The topological polar surface area (TPSA) is 69.0 Å². The fraction of sp³-hybridized carbons (Fsp3) is 0.222. The zero-order valence-electron chi connectivity index (χ0n) is 19.0. The van der Waals surface area contributed by atoms with Gasteiger partial charge in [-0.05, 0) is 53.9 Å².